The summed E-state index contributed by atoms with van der Waals surface area (Å²) in [5, 5.41) is 12.2. The molecule has 0 amide bonds. The lowest BCUT2D eigenvalue weighted by atomic mass is 10.3. The fourth-order valence-electron chi connectivity index (χ4n) is 2.00. The molecule has 0 saturated heterocycles. The van der Waals surface area contributed by atoms with Crippen molar-refractivity contribution >= 4 is 17.4 Å². The molecule has 3 rings (SSSR count). The maximum Gasteiger partial charge on any atom is 0.258 e. The van der Waals surface area contributed by atoms with Crippen LogP contribution in [0.25, 0.3) is 5.65 Å². The number of aromatic nitrogens is 3. The van der Waals surface area contributed by atoms with Gasteiger partial charge in [-0.15, -0.1) is 0 Å². The Morgan fingerprint density at radius 3 is 3.00 bits per heavy atom. The molecule has 0 aromatic carbocycles. The third kappa shape index (κ3) is 2.90. The summed E-state index contributed by atoms with van der Waals surface area (Å²) in [6.07, 6.45) is 3.22. The van der Waals surface area contributed by atoms with Gasteiger partial charge in [0, 0.05) is 30.1 Å². The molecule has 0 aliphatic rings. The van der Waals surface area contributed by atoms with Crippen LogP contribution in [0.1, 0.15) is 11.3 Å². The highest BCUT2D eigenvalue weighted by atomic mass is 32.2. The summed E-state index contributed by atoms with van der Waals surface area (Å²) in [7, 11) is 0. The summed E-state index contributed by atoms with van der Waals surface area (Å²) < 4.78 is 2.34. The average Bonchev–Trinajstić information content (AvgIpc) is 2.47. The Kier molecular flexibility index (Phi) is 3.62. The van der Waals surface area contributed by atoms with Crippen LogP contribution < -0.4 is 10.3 Å². The summed E-state index contributed by atoms with van der Waals surface area (Å²) in [6.45, 7) is 1.93. The minimum Gasteiger partial charge on any atom is -0.618 e. The van der Waals surface area contributed by atoms with Crippen LogP contribution in [0.5, 0.6) is 0 Å². The number of fused-ring (bicyclic) bond motifs is 1. The topological polar surface area (TPSA) is 61.3 Å². The minimum absolute atomic E-state index is 0.109. The molecular weight excluding hydrogens is 286 g/mol. The molecule has 0 spiro atoms. The van der Waals surface area contributed by atoms with Gasteiger partial charge in [0.2, 0.25) is 0 Å². The zero-order valence-corrected chi connectivity index (χ0v) is 12.2. The molecule has 3 heterocycles. The molecule has 0 saturated carbocycles. The smallest absolute Gasteiger partial charge is 0.258 e. The minimum atomic E-state index is -0.109. The lowest BCUT2D eigenvalue weighted by Gasteiger charge is -2.05. The Hall–Kier alpha value is -2.34. The Morgan fingerprint density at radius 1 is 1.33 bits per heavy atom. The van der Waals surface area contributed by atoms with E-state index in [0.29, 0.717) is 22.1 Å². The quantitative estimate of drug-likeness (QED) is 0.421. The first-order valence-corrected chi connectivity index (χ1v) is 7.42. The maximum absolute atomic E-state index is 12.1. The molecule has 0 fully saturated rings. The van der Waals surface area contributed by atoms with E-state index in [2.05, 4.69) is 4.98 Å². The number of thioether (sulfide) groups is 1. The third-order valence-corrected chi connectivity index (χ3v) is 4.07. The summed E-state index contributed by atoms with van der Waals surface area (Å²) in [6, 6.07) is 10.5. The van der Waals surface area contributed by atoms with Gasteiger partial charge in [-0.25, -0.2) is 4.98 Å². The highest BCUT2D eigenvalue weighted by Gasteiger charge is 2.08. The van der Waals surface area contributed by atoms with Gasteiger partial charge in [0.05, 0.1) is 5.69 Å². The van der Waals surface area contributed by atoms with Crippen molar-refractivity contribution in [1.82, 2.24) is 9.38 Å². The van der Waals surface area contributed by atoms with E-state index < -0.39 is 0 Å². The maximum atomic E-state index is 12.1. The average molecular weight is 299 g/mol. The predicted octanol–water partition coefficient (Wildman–Crippen LogP) is 1.93. The van der Waals surface area contributed by atoms with E-state index in [1.54, 1.807) is 18.3 Å². The number of rotatable bonds is 3. The van der Waals surface area contributed by atoms with Crippen molar-refractivity contribution in [3.63, 3.8) is 0 Å². The Morgan fingerprint density at radius 2 is 2.19 bits per heavy atom. The first-order valence-electron chi connectivity index (χ1n) is 6.43. The Bertz CT molecular complexity index is 861. The molecule has 0 unspecified atom stereocenters. The lowest BCUT2D eigenvalue weighted by molar-refractivity contribution is -0.645. The van der Waals surface area contributed by atoms with E-state index >= 15 is 0 Å². The largest absolute Gasteiger partial charge is 0.618 e. The lowest BCUT2D eigenvalue weighted by Crippen LogP contribution is -2.27. The summed E-state index contributed by atoms with van der Waals surface area (Å²) >= 11 is 1.36. The van der Waals surface area contributed by atoms with Crippen molar-refractivity contribution in [3.8, 4) is 0 Å². The van der Waals surface area contributed by atoms with Gasteiger partial charge in [0.25, 0.3) is 10.6 Å². The van der Waals surface area contributed by atoms with Crippen LogP contribution in [0.3, 0.4) is 0 Å². The van der Waals surface area contributed by atoms with Crippen LogP contribution in [0, 0.1) is 12.1 Å². The molecule has 3 aromatic rings. The number of hydrogen-bond donors (Lipinski definition) is 0. The molecule has 3 aromatic heterocycles. The van der Waals surface area contributed by atoms with E-state index in [1.165, 1.54) is 28.4 Å². The van der Waals surface area contributed by atoms with Crippen LogP contribution in [0.4, 0.5) is 0 Å². The zero-order chi connectivity index (χ0) is 14.8. The zero-order valence-electron chi connectivity index (χ0n) is 11.4. The van der Waals surface area contributed by atoms with Crippen molar-refractivity contribution in [3.05, 3.63) is 75.6 Å². The molecule has 0 aliphatic heterocycles. The normalized spacial score (nSPS) is 10.9. The van der Waals surface area contributed by atoms with Gasteiger partial charge < -0.3 is 5.21 Å². The summed E-state index contributed by atoms with van der Waals surface area (Å²) in [4.78, 5) is 16.5. The van der Waals surface area contributed by atoms with E-state index in [4.69, 9.17) is 0 Å². The number of pyridine rings is 2. The molecule has 5 nitrogen and oxygen atoms in total. The molecule has 0 aliphatic carbocycles. The fraction of sp³-hybridized carbons (Fsp3) is 0.133. The van der Waals surface area contributed by atoms with Gasteiger partial charge in [-0.05, 0) is 36.4 Å². The Labute approximate surface area is 125 Å². The van der Waals surface area contributed by atoms with Crippen LogP contribution >= 0.6 is 11.8 Å². The second-order valence-corrected chi connectivity index (χ2v) is 5.67. The van der Waals surface area contributed by atoms with Gasteiger partial charge in [0.1, 0.15) is 5.65 Å². The summed E-state index contributed by atoms with van der Waals surface area (Å²) in [5.41, 5.74) is 2.18. The predicted molar refractivity (Wildman–Crippen MR) is 81.2 cm³/mol. The number of nitrogens with zero attached hydrogens (tertiary/aromatic N) is 3. The van der Waals surface area contributed by atoms with Crippen molar-refractivity contribution < 1.29 is 4.73 Å². The molecule has 0 bridgehead atoms. The first kappa shape index (κ1) is 13.6. The Balaban J connectivity index is 1.90. The van der Waals surface area contributed by atoms with E-state index in [-0.39, 0.29) is 5.56 Å². The fourth-order valence-corrected chi connectivity index (χ4v) is 2.81. The molecular formula is C15H13N3O2S. The van der Waals surface area contributed by atoms with E-state index in [0.717, 1.165) is 10.3 Å². The van der Waals surface area contributed by atoms with Gasteiger partial charge in [-0.1, -0.05) is 6.07 Å². The standard InChI is InChI=1S/C15H13N3O2S/c1-11-5-6-13-16-12(8-14(19)17(13)9-11)10-21-15-4-2-3-7-18(15)20/h2-9H,10H2,1H3. The molecule has 0 atom stereocenters. The van der Waals surface area contributed by atoms with E-state index in [1.807, 2.05) is 25.1 Å². The van der Waals surface area contributed by atoms with Crippen LogP contribution in [0.2, 0.25) is 0 Å². The third-order valence-electron chi connectivity index (χ3n) is 3.02. The van der Waals surface area contributed by atoms with Crippen molar-refractivity contribution in [1.29, 1.82) is 0 Å². The molecule has 106 valence electrons. The number of hydrogen-bond acceptors (Lipinski definition) is 4. The summed E-state index contributed by atoms with van der Waals surface area (Å²) in [5.74, 6) is 0.478. The van der Waals surface area contributed by atoms with Crippen LogP contribution in [0.15, 0.2) is 58.6 Å². The van der Waals surface area contributed by atoms with Crippen molar-refractivity contribution in [2.24, 2.45) is 0 Å². The van der Waals surface area contributed by atoms with E-state index in [9.17, 15) is 10.0 Å². The monoisotopic (exact) mass is 299 g/mol. The van der Waals surface area contributed by atoms with Gasteiger partial charge >= 0.3 is 0 Å². The van der Waals surface area contributed by atoms with Crippen molar-refractivity contribution in [2.45, 2.75) is 17.7 Å². The van der Waals surface area contributed by atoms with Crippen molar-refractivity contribution in [2.75, 3.05) is 0 Å². The second-order valence-electron chi connectivity index (χ2n) is 4.67. The first-order chi connectivity index (χ1) is 10.1. The molecule has 0 N–H and O–H groups in total. The van der Waals surface area contributed by atoms with Crippen LogP contribution in [-0.4, -0.2) is 9.38 Å². The van der Waals surface area contributed by atoms with Crippen LogP contribution in [-0.2, 0) is 5.75 Å². The molecule has 21 heavy (non-hydrogen) atoms. The van der Waals surface area contributed by atoms with Gasteiger partial charge in [-0.3, -0.25) is 9.20 Å². The second kappa shape index (κ2) is 5.57. The number of aryl methyl sites for hydroxylation is 1. The van der Waals surface area contributed by atoms with Gasteiger partial charge in [-0.2, -0.15) is 4.73 Å². The highest BCUT2D eigenvalue weighted by molar-refractivity contribution is 7.98. The highest BCUT2D eigenvalue weighted by Crippen LogP contribution is 2.17. The van der Waals surface area contributed by atoms with Gasteiger partial charge in [0.15, 0.2) is 6.20 Å². The molecule has 0 radical (unpaired) electrons. The SMILES string of the molecule is Cc1ccc2nc(CSc3cccc[n+]3[O-])cc(=O)n2c1. The molecule has 6 heteroatoms.